The number of rotatable bonds is 7. The van der Waals surface area contributed by atoms with Gasteiger partial charge in [-0.1, -0.05) is 74.5 Å². The van der Waals surface area contributed by atoms with Gasteiger partial charge in [-0.05, 0) is 66.4 Å². The smallest absolute Gasteiger partial charge is 0.145 e. The van der Waals surface area contributed by atoms with Crippen LogP contribution in [0.25, 0.3) is 67.0 Å². The zero-order valence-corrected chi connectivity index (χ0v) is 25.8. The summed E-state index contributed by atoms with van der Waals surface area (Å²) in [4.78, 5) is 18.3. The molecule has 6 nitrogen and oxygen atoms in total. The topological polar surface area (TPSA) is 61.4 Å². The van der Waals surface area contributed by atoms with Crippen molar-refractivity contribution in [2.75, 3.05) is 0 Å². The van der Waals surface area contributed by atoms with Crippen LogP contribution in [0.15, 0.2) is 134 Å². The maximum Gasteiger partial charge on any atom is 0.145 e. The van der Waals surface area contributed by atoms with Crippen LogP contribution in [0.4, 0.5) is 0 Å². The van der Waals surface area contributed by atoms with E-state index in [2.05, 4.69) is 130 Å². The van der Waals surface area contributed by atoms with Crippen LogP contribution in [0.5, 0.6) is 0 Å². The Morgan fingerprint density at radius 2 is 1.30 bits per heavy atom. The highest BCUT2D eigenvalue weighted by atomic mass is 15.1. The molecule has 0 spiro atoms. The van der Waals surface area contributed by atoms with Crippen molar-refractivity contribution in [3.05, 3.63) is 146 Å². The van der Waals surface area contributed by atoms with Gasteiger partial charge in [0.05, 0.1) is 34.3 Å². The Balaban J connectivity index is 1.31. The first-order chi connectivity index (χ1) is 22.7. The largest absolute Gasteiger partial charge is 0.309 e. The van der Waals surface area contributed by atoms with Crippen LogP contribution in [0.1, 0.15) is 25.1 Å². The first kappa shape index (κ1) is 27.7. The molecule has 222 valence electrons. The Labute approximate surface area is 267 Å². The second kappa shape index (κ2) is 11.6. The van der Waals surface area contributed by atoms with E-state index in [0.29, 0.717) is 0 Å². The summed E-state index contributed by atoms with van der Waals surface area (Å²) in [5.74, 6) is 0.899. The van der Waals surface area contributed by atoms with Crippen LogP contribution in [0.3, 0.4) is 0 Å². The number of imidazole rings is 1. The minimum atomic E-state index is 0.832. The van der Waals surface area contributed by atoms with Gasteiger partial charge in [-0.25, -0.2) is 15.0 Å². The summed E-state index contributed by atoms with van der Waals surface area (Å²) < 4.78 is 4.65. The number of aromatic nitrogens is 6. The van der Waals surface area contributed by atoms with Crippen LogP contribution >= 0.6 is 0 Å². The van der Waals surface area contributed by atoms with Crippen molar-refractivity contribution in [2.45, 2.75) is 26.7 Å². The molecule has 0 saturated heterocycles. The molecule has 4 heterocycles. The molecule has 0 unspecified atom stereocenters. The second-order valence-corrected chi connectivity index (χ2v) is 11.4. The molecule has 0 aliphatic carbocycles. The van der Waals surface area contributed by atoms with Crippen molar-refractivity contribution in [1.82, 2.24) is 29.1 Å². The number of pyridine rings is 1. The number of aryl methyl sites for hydroxylation is 2. The minimum Gasteiger partial charge on any atom is -0.309 e. The Kier molecular flexibility index (Phi) is 6.95. The Hall–Kier alpha value is -5.88. The number of hydrogen-bond donors (Lipinski definition) is 0. The summed E-state index contributed by atoms with van der Waals surface area (Å²) in [6, 6.07) is 36.6. The van der Waals surface area contributed by atoms with E-state index in [-0.39, 0.29) is 0 Å². The molecule has 0 atom stereocenters. The van der Waals surface area contributed by atoms with Gasteiger partial charge < -0.3 is 4.57 Å². The fourth-order valence-corrected chi connectivity index (χ4v) is 6.59. The number of para-hydroxylation sites is 1. The Morgan fingerprint density at radius 3 is 2.09 bits per heavy atom. The molecule has 0 radical (unpaired) electrons. The van der Waals surface area contributed by atoms with Gasteiger partial charge in [-0.3, -0.25) is 9.55 Å². The SMILES string of the molecule is CCc1ccnc(CC)c1-n1c(-c2ccccc2)cnc1-c1ccc(-n2c3ccccc3c3ccc(-c4cncnc4)cc32)cc1. The quantitative estimate of drug-likeness (QED) is 0.184. The molecular weight excluding hydrogens is 564 g/mol. The zero-order chi connectivity index (χ0) is 31.0. The highest BCUT2D eigenvalue weighted by Crippen LogP contribution is 2.37. The van der Waals surface area contributed by atoms with E-state index in [1.807, 2.05) is 30.9 Å². The van der Waals surface area contributed by atoms with E-state index >= 15 is 0 Å². The Bertz CT molecular complexity index is 2290. The van der Waals surface area contributed by atoms with Gasteiger partial charge in [-0.15, -0.1) is 0 Å². The normalized spacial score (nSPS) is 11.4. The summed E-state index contributed by atoms with van der Waals surface area (Å²) in [7, 11) is 0. The molecule has 6 heteroatoms. The number of nitrogens with zero attached hydrogens (tertiary/aromatic N) is 6. The lowest BCUT2D eigenvalue weighted by atomic mass is 10.1. The highest BCUT2D eigenvalue weighted by Gasteiger charge is 2.21. The summed E-state index contributed by atoms with van der Waals surface area (Å²) in [6.07, 6.45) is 10.9. The van der Waals surface area contributed by atoms with Crippen LogP contribution in [-0.2, 0) is 12.8 Å². The summed E-state index contributed by atoms with van der Waals surface area (Å²) in [5, 5.41) is 2.43. The third-order valence-corrected chi connectivity index (χ3v) is 8.81. The fraction of sp³-hybridized carbons (Fsp3) is 0.100. The van der Waals surface area contributed by atoms with Crippen molar-refractivity contribution in [1.29, 1.82) is 0 Å². The van der Waals surface area contributed by atoms with Gasteiger partial charge in [0.25, 0.3) is 0 Å². The van der Waals surface area contributed by atoms with Crippen molar-refractivity contribution < 1.29 is 0 Å². The van der Waals surface area contributed by atoms with E-state index < -0.39 is 0 Å². The average Bonchev–Trinajstić information content (AvgIpc) is 3.71. The number of benzene rings is 4. The summed E-state index contributed by atoms with van der Waals surface area (Å²) in [6.45, 7) is 4.37. The van der Waals surface area contributed by atoms with Crippen LogP contribution in [0.2, 0.25) is 0 Å². The maximum absolute atomic E-state index is 5.04. The van der Waals surface area contributed by atoms with Gasteiger partial charge in [0.15, 0.2) is 0 Å². The molecule has 0 aliphatic rings. The second-order valence-electron chi connectivity index (χ2n) is 11.4. The molecule has 4 aromatic heterocycles. The molecule has 8 aromatic rings. The third-order valence-electron chi connectivity index (χ3n) is 8.81. The Morgan fingerprint density at radius 1 is 0.565 bits per heavy atom. The van der Waals surface area contributed by atoms with Crippen molar-refractivity contribution in [3.8, 4) is 45.1 Å². The first-order valence-electron chi connectivity index (χ1n) is 15.7. The van der Waals surface area contributed by atoms with Gasteiger partial charge in [0, 0.05) is 51.7 Å². The predicted molar refractivity (Wildman–Crippen MR) is 186 cm³/mol. The van der Waals surface area contributed by atoms with Crippen molar-refractivity contribution in [3.63, 3.8) is 0 Å². The van der Waals surface area contributed by atoms with Crippen LogP contribution in [-0.4, -0.2) is 29.1 Å². The van der Waals surface area contributed by atoms with E-state index in [4.69, 9.17) is 9.97 Å². The lowest BCUT2D eigenvalue weighted by Gasteiger charge is -2.19. The monoisotopic (exact) mass is 596 g/mol. The van der Waals surface area contributed by atoms with Crippen molar-refractivity contribution in [2.24, 2.45) is 0 Å². The van der Waals surface area contributed by atoms with E-state index in [0.717, 1.165) is 74.7 Å². The van der Waals surface area contributed by atoms with Gasteiger partial charge in [0.2, 0.25) is 0 Å². The van der Waals surface area contributed by atoms with Crippen LogP contribution < -0.4 is 0 Å². The molecule has 0 amide bonds. The molecule has 4 aromatic carbocycles. The lowest BCUT2D eigenvalue weighted by Crippen LogP contribution is -2.08. The molecule has 0 N–H and O–H groups in total. The van der Waals surface area contributed by atoms with Crippen molar-refractivity contribution >= 4 is 21.8 Å². The molecular formula is C40H32N6. The molecule has 0 fully saturated rings. The van der Waals surface area contributed by atoms with Gasteiger partial charge in [0.1, 0.15) is 12.2 Å². The summed E-state index contributed by atoms with van der Waals surface area (Å²) in [5.41, 5.74) is 12.1. The molecule has 8 rings (SSSR count). The molecule has 0 saturated carbocycles. The predicted octanol–water partition coefficient (Wildman–Crippen LogP) is 9.28. The fourth-order valence-electron chi connectivity index (χ4n) is 6.59. The minimum absolute atomic E-state index is 0.832. The van der Waals surface area contributed by atoms with Crippen LogP contribution in [0, 0.1) is 0 Å². The average molecular weight is 597 g/mol. The third kappa shape index (κ3) is 4.58. The molecule has 0 aliphatic heterocycles. The molecule has 0 bridgehead atoms. The maximum atomic E-state index is 5.04. The van der Waals surface area contributed by atoms with E-state index in [1.54, 1.807) is 6.33 Å². The van der Waals surface area contributed by atoms with E-state index in [1.165, 1.54) is 16.3 Å². The van der Waals surface area contributed by atoms with E-state index in [9.17, 15) is 0 Å². The number of hydrogen-bond acceptors (Lipinski definition) is 4. The summed E-state index contributed by atoms with van der Waals surface area (Å²) >= 11 is 0. The van der Waals surface area contributed by atoms with Gasteiger partial charge in [-0.2, -0.15) is 0 Å². The standard InChI is InChI=1S/C40H32N6/c1-3-27-20-21-43-35(4-2)39(27)46-38(28-10-6-5-7-11-28)25-44-40(46)29-14-17-32(18-15-29)45-36-13-9-8-12-33(36)34-19-16-30(22-37(34)45)31-23-41-26-42-24-31/h5-26H,3-4H2,1-2H3. The van der Waals surface area contributed by atoms with Gasteiger partial charge >= 0.3 is 0 Å². The zero-order valence-electron chi connectivity index (χ0n) is 25.8. The number of fused-ring (bicyclic) bond motifs is 3. The highest BCUT2D eigenvalue weighted by molar-refractivity contribution is 6.10. The lowest BCUT2D eigenvalue weighted by molar-refractivity contribution is 0.927. The first-order valence-corrected chi connectivity index (χ1v) is 15.7. The molecule has 46 heavy (non-hydrogen) atoms.